The van der Waals surface area contributed by atoms with E-state index in [2.05, 4.69) is 25.3 Å². The lowest BCUT2D eigenvalue weighted by molar-refractivity contribution is 0.00578. The number of hydrogen-bond acceptors (Lipinski definition) is 12. The van der Waals surface area contributed by atoms with Crippen LogP contribution in [0.25, 0.3) is 0 Å². The lowest BCUT2D eigenvalue weighted by Crippen LogP contribution is -2.41. The summed E-state index contributed by atoms with van der Waals surface area (Å²) < 4.78 is 33.9. The Morgan fingerprint density at radius 2 is 1.12 bits per heavy atom. The van der Waals surface area contributed by atoms with Crippen molar-refractivity contribution in [2.75, 3.05) is 31.7 Å². The molecule has 0 amide bonds. The molecule has 3 N–H and O–H groups in total. The molecule has 0 unspecified atom stereocenters. The molecule has 12 nitrogen and oxygen atoms in total. The fourth-order valence-electron chi connectivity index (χ4n) is 4.32. The van der Waals surface area contributed by atoms with Crippen LogP contribution in [0.5, 0.6) is 0 Å². The summed E-state index contributed by atoms with van der Waals surface area (Å²) in [5, 5.41) is 3.48. The molecule has 2 aromatic rings. The largest absolute Gasteiger partial charge is 0.498 e. The highest BCUT2D eigenvalue weighted by atomic mass is 35.5. The van der Waals surface area contributed by atoms with Gasteiger partial charge in [0.25, 0.3) is 0 Å². The molecule has 4 fully saturated rings. The monoisotopic (exact) mass is 618 g/mol. The molecule has 4 aliphatic heterocycles. The SMILES string of the molecule is CC1(C)OB(c2cnc(Cl)nc2)OC1(C)C.CC1(C)OB(c2cnc(N[C@@H]3CCOC3)nc2)OC1(C)C.N[C@@H]1CCOC1. The zero-order chi connectivity index (χ0) is 31.5. The maximum atomic E-state index is 5.98. The van der Waals surface area contributed by atoms with Gasteiger partial charge in [-0.15, -0.1) is 0 Å². The molecule has 0 aliphatic carbocycles. The maximum Gasteiger partial charge on any atom is 0.498 e. The number of aromatic nitrogens is 4. The molecule has 0 bridgehead atoms. The third-order valence-electron chi connectivity index (χ3n) is 8.59. The van der Waals surface area contributed by atoms with Crippen LogP contribution in [0.1, 0.15) is 68.2 Å². The molecule has 6 heterocycles. The van der Waals surface area contributed by atoms with Gasteiger partial charge in [-0.25, -0.2) is 19.9 Å². The van der Waals surface area contributed by atoms with Crippen molar-refractivity contribution in [2.45, 2.75) is 103 Å². The molecule has 0 aromatic carbocycles. The van der Waals surface area contributed by atoms with E-state index in [1.54, 1.807) is 24.8 Å². The second-order valence-corrected chi connectivity index (χ2v) is 13.5. The summed E-state index contributed by atoms with van der Waals surface area (Å²) in [6.45, 7) is 19.3. The summed E-state index contributed by atoms with van der Waals surface area (Å²) in [5.41, 5.74) is 5.62. The van der Waals surface area contributed by atoms with Gasteiger partial charge in [-0.2, -0.15) is 0 Å². The topological polar surface area (TPSA) is 145 Å². The fourth-order valence-corrected chi connectivity index (χ4v) is 4.42. The van der Waals surface area contributed by atoms with E-state index in [0.29, 0.717) is 24.6 Å². The highest BCUT2D eigenvalue weighted by Crippen LogP contribution is 2.37. The van der Waals surface area contributed by atoms with Gasteiger partial charge in [-0.05, 0) is 79.8 Å². The molecule has 0 radical (unpaired) electrons. The molecule has 43 heavy (non-hydrogen) atoms. The zero-order valence-electron chi connectivity index (χ0n) is 26.6. The third kappa shape index (κ3) is 8.64. The molecular formula is C28H45B2ClN6O6. The lowest BCUT2D eigenvalue weighted by Gasteiger charge is -2.32. The zero-order valence-corrected chi connectivity index (χ0v) is 27.3. The van der Waals surface area contributed by atoms with Crippen molar-refractivity contribution in [3.63, 3.8) is 0 Å². The highest BCUT2D eigenvalue weighted by Gasteiger charge is 2.53. The first-order chi connectivity index (χ1) is 20.1. The number of nitrogens with two attached hydrogens (primary N) is 1. The molecular weight excluding hydrogens is 573 g/mol. The van der Waals surface area contributed by atoms with Gasteiger partial charge < -0.3 is 39.1 Å². The molecule has 15 heteroatoms. The van der Waals surface area contributed by atoms with Crippen molar-refractivity contribution >= 4 is 42.7 Å². The van der Waals surface area contributed by atoms with E-state index in [1.165, 1.54) is 0 Å². The minimum Gasteiger partial charge on any atom is -0.399 e. The smallest absolute Gasteiger partial charge is 0.399 e. The normalized spacial score (nSPS) is 26.4. The number of nitrogens with zero attached hydrogens (tertiary/aromatic N) is 4. The average molecular weight is 619 g/mol. The minimum atomic E-state index is -0.428. The van der Waals surface area contributed by atoms with Crippen LogP contribution in [0.3, 0.4) is 0 Å². The first-order valence-electron chi connectivity index (χ1n) is 14.8. The van der Waals surface area contributed by atoms with Crippen LogP contribution in [-0.2, 0) is 28.1 Å². The van der Waals surface area contributed by atoms with Gasteiger partial charge in [-0.3, -0.25) is 0 Å². The van der Waals surface area contributed by atoms with Gasteiger partial charge in [0.15, 0.2) is 0 Å². The Morgan fingerprint density at radius 1 is 0.698 bits per heavy atom. The predicted molar refractivity (Wildman–Crippen MR) is 167 cm³/mol. The Hall–Kier alpha value is -1.90. The van der Waals surface area contributed by atoms with Crippen LogP contribution in [-0.4, -0.2) is 95.1 Å². The number of rotatable bonds is 4. The van der Waals surface area contributed by atoms with Crippen molar-refractivity contribution in [2.24, 2.45) is 5.73 Å². The molecule has 236 valence electrons. The van der Waals surface area contributed by atoms with Crippen molar-refractivity contribution in [1.29, 1.82) is 0 Å². The van der Waals surface area contributed by atoms with E-state index >= 15 is 0 Å². The Labute approximate surface area is 260 Å². The number of hydrogen-bond donors (Lipinski definition) is 2. The Balaban J connectivity index is 0.000000169. The van der Waals surface area contributed by atoms with Crippen molar-refractivity contribution in [3.05, 3.63) is 30.1 Å². The highest BCUT2D eigenvalue weighted by molar-refractivity contribution is 6.62. The van der Waals surface area contributed by atoms with Crippen molar-refractivity contribution in [3.8, 4) is 0 Å². The summed E-state index contributed by atoms with van der Waals surface area (Å²) >= 11 is 5.63. The summed E-state index contributed by atoms with van der Waals surface area (Å²) in [6.07, 6.45) is 8.79. The van der Waals surface area contributed by atoms with Gasteiger partial charge in [-0.1, -0.05) is 0 Å². The molecule has 2 aromatic heterocycles. The molecule has 0 spiro atoms. The third-order valence-corrected chi connectivity index (χ3v) is 8.79. The van der Waals surface area contributed by atoms with Gasteiger partial charge in [0.2, 0.25) is 11.2 Å². The van der Waals surface area contributed by atoms with Gasteiger partial charge in [0.1, 0.15) is 0 Å². The first-order valence-corrected chi connectivity index (χ1v) is 15.1. The molecule has 6 rings (SSSR count). The summed E-state index contributed by atoms with van der Waals surface area (Å²) in [7, 11) is -0.846. The first kappa shape index (κ1) is 34.0. The molecule has 4 aliphatic rings. The number of ether oxygens (including phenoxy) is 2. The number of nitrogens with one attached hydrogen (secondary N) is 1. The Kier molecular flexibility index (Phi) is 10.8. The summed E-state index contributed by atoms with van der Waals surface area (Å²) in [5.74, 6) is 0.616. The Morgan fingerprint density at radius 3 is 1.47 bits per heavy atom. The standard InChI is InChI=1S/C14H22BN3O3.C10H14BClN2O2.C4H9NO/c1-13(2)14(3,4)21-15(20-13)10-7-16-12(17-8-10)18-11-5-6-19-9-11;1-9(2)10(3,4)16-11(15-9)7-5-13-8(12)14-6-7;5-4-1-2-6-3-4/h7-8,11H,5-6,9H2,1-4H3,(H,16,17,18);5-6H,1-4H3;4H,1-3,5H2/t11-;;4-/m1.1/s1. The number of halogens is 1. The lowest BCUT2D eigenvalue weighted by atomic mass is 9.81. The van der Waals surface area contributed by atoms with E-state index in [4.69, 9.17) is 45.4 Å². The van der Waals surface area contributed by atoms with Gasteiger partial charge >= 0.3 is 14.2 Å². The van der Waals surface area contributed by atoms with Crippen LogP contribution in [0.4, 0.5) is 5.95 Å². The fraction of sp³-hybridized carbons (Fsp3) is 0.714. The molecule has 4 saturated heterocycles. The summed E-state index contributed by atoms with van der Waals surface area (Å²) in [6, 6.07) is 0.623. The maximum absolute atomic E-state index is 5.98. The quantitative estimate of drug-likeness (QED) is 0.383. The van der Waals surface area contributed by atoms with Crippen molar-refractivity contribution < 1.29 is 28.1 Å². The summed E-state index contributed by atoms with van der Waals surface area (Å²) in [4.78, 5) is 16.5. The Bertz CT molecular complexity index is 1150. The van der Waals surface area contributed by atoms with Crippen LogP contribution in [0, 0.1) is 0 Å². The van der Waals surface area contributed by atoms with E-state index in [9.17, 15) is 0 Å². The second kappa shape index (κ2) is 13.6. The van der Waals surface area contributed by atoms with E-state index in [0.717, 1.165) is 43.6 Å². The van der Waals surface area contributed by atoms with Gasteiger partial charge in [0.05, 0.1) is 41.7 Å². The van der Waals surface area contributed by atoms with E-state index in [-0.39, 0.29) is 27.7 Å². The average Bonchev–Trinajstić information content (AvgIpc) is 3.70. The van der Waals surface area contributed by atoms with Gasteiger partial charge in [0, 0.05) is 55.0 Å². The van der Waals surface area contributed by atoms with Crippen LogP contribution in [0.15, 0.2) is 24.8 Å². The van der Waals surface area contributed by atoms with E-state index in [1.807, 2.05) is 55.4 Å². The van der Waals surface area contributed by atoms with Crippen LogP contribution >= 0.6 is 11.6 Å². The van der Waals surface area contributed by atoms with Crippen LogP contribution < -0.4 is 22.0 Å². The van der Waals surface area contributed by atoms with Crippen molar-refractivity contribution in [1.82, 2.24) is 19.9 Å². The number of anilines is 1. The van der Waals surface area contributed by atoms with E-state index < -0.39 is 14.2 Å². The second-order valence-electron chi connectivity index (χ2n) is 13.1. The predicted octanol–water partition coefficient (Wildman–Crippen LogP) is 2.14. The molecule has 0 saturated carbocycles. The molecule has 2 atom stereocenters. The minimum absolute atomic E-state index is 0.222. The van der Waals surface area contributed by atoms with Crippen LogP contribution in [0.2, 0.25) is 5.28 Å².